The second-order valence-corrected chi connectivity index (χ2v) is 10.6. The van der Waals surface area contributed by atoms with Crippen molar-refractivity contribution >= 4 is 104 Å². The fourth-order valence-electron chi connectivity index (χ4n) is 3.64. The first-order chi connectivity index (χ1) is 16.5. The molecule has 1 heterocycles. The minimum absolute atomic E-state index is 0. The minimum Gasteiger partial charge on any atom is -0.478 e. The van der Waals surface area contributed by atoms with Crippen molar-refractivity contribution in [2.45, 2.75) is 13.8 Å². The quantitative estimate of drug-likeness (QED) is 0.101. The zero-order valence-corrected chi connectivity index (χ0v) is 27.2. The third-order valence-corrected chi connectivity index (χ3v) is 7.54. The van der Waals surface area contributed by atoms with E-state index in [1.165, 1.54) is 19.9 Å². The molecule has 36 heavy (non-hydrogen) atoms. The summed E-state index contributed by atoms with van der Waals surface area (Å²) in [6, 6.07) is 9.96. The molecule has 4 rings (SSSR count). The summed E-state index contributed by atoms with van der Waals surface area (Å²) < 4.78 is 18.5. The number of carbonyl (C=O) groups excluding carboxylic acids is 2. The Bertz CT molecular complexity index is 1500. The maximum atomic E-state index is 12.1. The monoisotopic (exact) mass is 752 g/mol. The molecule has 3 aromatic carbocycles. The molecule has 1 N–H and O–H groups in total. The molecular formula is C24H13Br4NaO7+2. The van der Waals surface area contributed by atoms with Gasteiger partial charge in [0.15, 0.2) is 20.4 Å². The van der Waals surface area contributed by atoms with Crippen molar-refractivity contribution in [3.63, 3.8) is 0 Å². The number of carbonyl (C=O) groups is 3. The van der Waals surface area contributed by atoms with Crippen LogP contribution < -0.4 is 39.0 Å². The van der Waals surface area contributed by atoms with Gasteiger partial charge in [0.2, 0.25) is 0 Å². The molecule has 0 bridgehead atoms. The van der Waals surface area contributed by atoms with Crippen LogP contribution in [-0.4, -0.2) is 23.0 Å². The van der Waals surface area contributed by atoms with E-state index in [1.54, 1.807) is 30.3 Å². The van der Waals surface area contributed by atoms with Crippen LogP contribution in [0, 0.1) is 0 Å². The maximum Gasteiger partial charge on any atom is 1.00 e. The molecule has 0 spiro atoms. The number of ether oxygens (including phenoxy) is 2. The molecule has 4 aromatic rings. The van der Waals surface area contributed by atoms with E-state index in [4.69, 9.17) is 13.9 Å². The van der Waals surface area contributed by atoms with Crippen molar-refractivity contribution in [2.24, 2.45) is 0 Å². The third kappa shape index (κ3) is 5.43. The van der Waals surface area contributed by atoms with Gasteiger partial charge in [0, 0.05) is 19.4 Å². The maximum absolute atomic E-state index is 12.1. The summed E-state index contributed by atoms with van der Waals surface area (Å²) in [5, 5.41) is 11.0. The van der Waals surface area contributed by atoms with E-state index in [9.17, 15) is 19.5 Å². The van der Waals surface area contributed by atoms with Crippen LogP contribution in [0.1, 0.15) is 24.2 Å². The van der Waals surface area contributed by atoms with Crippen LogP contribution in [0.25, 0.3) is 33.1 Å². The second kappa shape index (κ2) is 11.6. The molecule has 0 saturated carbocycles. The summed E-state index contributed by atoms with van der Waals surface area (Å²) in [5.74, 6) is -1.79. The van der Waals surface area contributed by atoms with E-state index in [0.717, 1.165) is 0 Å². The van der Waals surface area contributed by atoms with Crippen LogP contribution in [0.2, 0.25) is 0 Å². The zero-order chi connectivity index (χ0) is 25.6. The number of fused-ring (bicyclic) bond motifs is 2. The van der Waals surface area contributed by atoms with Crippen molar-refractivity contribution in [3.8, 4) is 22.6 Å². The van der Waals surface area contributed by atoms with Crippen LogP contribution in [0.15, 0.2) is 58.7 Å². The molecular weight excluding hydrogens is 743 g/mol. The fraction of sp³-hybridized carbons (Fsp3) is 0.0833. The van der Waals surface area contributed by atoms with Crippen LogP contribution >= 0.6 is 63.7 Å². The Morgan fingerprint density at radius 2 is 1.25 bits per heavy atom. The van der Waals surface area contributed by atoms with Crippen molar-refractivity contribution in [1.82, 2.24) is 0 Å². The van der Waals surface area contributed by atoms with E-state index in [0.29, 0.717) is 39.8 Å². The first kappa shape index (κ1) is 29.2. The number of aromatic carboxylic acids is 1. The van der Waals surface area contributed by atoms with E-state index < -0.39 is 17.9 Å². The topological polar surface area (TPSA) is 101 Å². The number of carboxylic acids is 1. The average Bonchev–Trinajstić information content (AvgIpc) is 2.78. The van der Waals surface area contributed by atoms with Gasteiger partial charge >= 0.3 is 58.6 Å². The molecule has 0 saturated heterocycles. The van der Waals surface area contributed by atoms with E-state index in [2.05, 4.69) is 63.7 Å². The number of esters is 2. The fourth-order valence-corrected chi connectivity index (χ4v) is 6.36. The summed E-state index contributed by atoms with van der Waals surface area (Å²) in [6.07, 6.45) is 0. The molecule has 0 radical (unpaired) electrons. The largest absolute Gasteiger partial charge is 1.00 e. The number of rotatable bonds is 4. The number of hydrogen-bond acceptors (Lipinski definition) is 5. The molecule has 0 aliphatic carbocycles. The summed E-state index contributed by atoms with van der Waals surface area (Å²) >= 11 is 13.8. The van der Waals surface area contributed by atoms with Gasteiger partial charge in [-0.05, 0) is 87.5 Å². The van der Waals surface area contributed by atoms with Gasteiger partial charge in [-0.15, -0.1) is 0 Å². The van der Waals surface area contributed by atoms with E-state index in [1.807, 2.05) is 0 Å². The Labute approximate surface area is 260 Å². The standard InChI is InChI=1S/C24H12Br4O7.Na/c1-9(29)33-22-15(25)7-13-17(11-5-3-4-6-12(11)24(31)32)14-8-16(26)23(34-10(2)30)19(28)21(14)35-20(13)18(22)27;/h3-8H,1-2H3;/q;+1/p+1. The van der Waals surface area contributed by atoms with Crippen LogP contribution in [0.5, 0.6) is 11.5 Å². The number of benzene rings is 3. The van der Waals surface area contributed by atoms with Crippen LogP contribution in [0.3, 0.4) is 0 Å². The summed E-state index contributed by atoms with van der Waals surface area (Å²) in [4.78, 5) is 35.5. The van der Waals surface area contributed by atoms with Gasteiger partial charge in [0.05, 0.1) is 25.3 Å². The third-order valence-electron chi connectivity index (χ3n) is 4.92. The van der Waals surface area contributed by atoms with Crippen molar-refractivity contribution in [3.05, 3.63) is 59.9 Å². The summed E-state index contributed by atoms with van der Waals surface area (Å²) in [5.41, 5.74) is 1.62. The van der Waals surface area contributed by atoms with Crippen LogP contribution in [-0.2, 0) is 9.59 Å². The molecule has 1 aromatic heterocycles. The smallest absolute Gasteiger partial charge is 0.478 e. The van der Waals surface area contributed by atoms with Gasteiger partial charge in [-0.1, -0.05) is 18.2 Å². The first-order valence-electron chi connectivity index (χ1n) is 9.80. The van der Waals surface area contributed by atoms with Gasteiger partial charge in [-0.3, -0.25) is 9.59 Å². The van der Waals surface area contributed by atoms with E-state index >= 15 is 0 Å². The van der Waals surface area contributed by atoms with Crippen molar-refractivity contribution in [2.75, 3.05) is 0 Å². The van der Waals surface area contributed by atoms with Crippen molar-refractivity contribution in [1.29, 1.82) is 0 Å². The van der Waals surface area contributed by atoms with Gasteiger partial charge in [0.25, 0.3) is 0 Å². The summed E-state index contributed by atoms with van der Waals surface area (Å²) in [6.45, 7) is 2.54. The Morgan fingerprint density at radius 1 is 0.806 bits per heavy atom. The second-order valence-electron chi connectivity index (χ2n) is 7.27. The number of halogens is 4. The predicted octanol–water partition coefficient (Wildman–Crippen LogP) is 5.14. The molecule has 0 aliphatic rings. The normalized spacial score (nSPS) is 10.7. The molecule has 0 amide bonds. The zero-order valence-electron chi connectivity index (χ0n) is 18.9. The van der Waals surface area contributed by atoms with Gasteiger partial charge in [-0.2, -0.15) is 0 Å². The Balaban J connectivity index is 0.00000361. The molecule has 12 heteroatoms. The molecule has 0 aliphatic heterocycles. The van der Waals surface area contributed by atoms with Crippen LogP contribution in [0.4, 0.5) is 0 Å². The van der Waals surface area contributed by atoms with Crippen molar-refractivity contribution < 1.29 is 62.9 Å². The Morgan fingerprint density at radius 3 is 1.67 bits per heavy atom. The van der Waals surface area contributed by atoms with Gasteiger partial charge in [0.1, 0.15) is 0 Å². The Hall–Kier alpha value is -1.34. The molecule has 0 fully saturated rings. The molecule has 7 nitrogen and oxygen atoms in total. The Kier molecular flexibility index (Phi) is 9.41. The first-order valence-corrected chi connectivity index (χ1v) is 13.0. The predicted molar refractivity (Wildman–Crippen MR) is 144 cm³/mol. The number of hydrogen-bond donors (Lipinski definition) is 1. The SMILES string of the molecule is CC(=O)Oc1c(Br)cc2c(-c3ccccc3C(=O)O)c3cc(Br)c(OC(C)=O)c(Br)c3[o+]c2c1Br.[Na+]. The number of carboxylic acid groups (broad SMARTS) is 1. The molecule has 0 unspecified atom stereocenters. The van der Waals surface area contributed by atoms with E-state index in [-0.39, 0.29) is 57.8 Å². The average molecular weight is 756 g/mol. The van der Waals surface area contributed by atoms with Gasteiger partial charge < -0.3 is 14.6 Å². The van der Waals surface area contributed by atoms with Gasteiger partial charge in [-0.25, -0.2) is 9.21 Å². The minimum atomic E-state index is -1.10. The molecule has 178 valence electrons. The molecule has 0 atom stereocenters. The summed E-state index contributed by atoms with van der Waals surface area (Å²) in [7, 11) is 0.